The van der Waals surface area contributed by atoms with Gasteiger partial charge in [0.05, 0.1) is 12.1 Å². The number of carbonyl (C=O) groups excluding carboxylic acids is 2. The van der Waals surface area contributed by atoms with Crippen LogP contribution in [0.25, 0.3) is 10.9 Å². The molecule has 0 spiro atoms. The highest BCUT2D eigenvalue weighted by molar-refractivity contribution is 6.39. The standard InChI is InChI=1S/C18H15ClN2O4/c1-24-15(22)10-25-12-8-6-11(7-9-12)20-18(23)17-16(19)13-4-2-3-5-14(13)21-17/h2-9,21H,10H2,1H3,(H,20,23). The number of anilines is 1. The first-order chi connectivity index (χ1) is 12.1. The number of benzene rings is 2. The maximum Gasteiger partial charge on any atom is 0.343 e. The van der Waals surface area contributed by atoms with Gasteiger partial charge in [0.15, 0.2) is 6.61 Å². The first-order valence-electron chi connectivity index (χ1n) is 7.45. The highest BCUT2D eigenvalue weighted by Crippen LogP contribution is 2.28. The first-order valence-corrected chi connectivity index (χ1v) is 7.83. The van der Waals surface area contributed by atoms with E-state index in [2.05, 4.69) is 15.0 Å². The summed E-state index contributed by atoms with van der Waals surface area (Å²) < 4.78 is 9.74. The number of halogens is 1. The fraction of sp³-hybridized carbons (Fsp3) is 0.111. The minimum absolute atomic E-state index is 0.174. The fourth-order valence-electron chi connectivity index (χ4n) is 2.29. The van der Waals surface area contributed by atoms with Gasteiger partial charge >= 0.3 is 5.97 Å². The summed E-state index contributed by atoms with van der Waals surface area (Å²) in [5, 5.41) is 3.93. The zero-order valence-corrected chi connectivity index (χ0v) is 14.1. The number of nitrogens with one attached hydrogen (secondary N) is 2. The van der Waals surface area contributed by atoms with Crippen molar-refractivity contribution in [3.63, 3.8) is 0 Å². The van der Waals surface area contributed by atoms with Crippen molar-refractivity contribution < 1.29 is 19.1 Å². The third-order valence-corrected chi connectivity index (χ3v) is 3.96. The van der Waals surface area contributed by atoms with Crippen molar-refractivity contribution in [3.05, 3.63) is 59.2 Å². The molecule has 0 fully saturated rings. The number of para-hydroxylation sites is 1. The smallest absolute Gasteiger partial charge is 0.343 e. The molecule has 3 rings (SSSR count). The SMILES string of the molecule is COC(=O)COc1ccc(NC(=O)c2[nH]c3ccccc3c2Cl)cc1. The van der Waals surface area contributed by atoms with E-state index in [0.29, 0.717) is 22.2 Å². The highest BCUT2D eigenvalue weighted by atomic mass is 35.5. The Morgan fingerprint density at radius 1 is 1.12 bits per heavy atom. The maximum atomic E-state index is 12.4. The topological polar surface area (TPSA) is 80.4 Å². The molecule has 0 aliphatic rings. The summed E-state index contributed by atoms with van der Waals surface area (Å²) in [5.74, 6) is -0.317. The Morgan fingerprint density at radius 2 is 1.84 bits per heavy atom. The average Bonchev–Trinajstić information content (AvgIpc) is 2.98. The quantitative estimate of drug-likeness (QED) is 0.682. The molecule has 0 aliphatic heterocycles. The van der Waals surface area contributed by atoms with E-state index in [-0.39, 0.29) is 12.5 Å². The second-order valence-corrected chi connectivity index (χ2v) is 5.58. The van der Waals surface area contributed by atoms with Gasteiger partial charge < -0.3 is 19.8 Å². The molecule has 3 aromatic rings. The number of hydrogen-bond acceptors (Lipinski definition) is 4. The second kappa shape index (κ2) is 7.27. The van der Waals surface area contributed by atoms with Crippen molar-refractivity contribution in [2.75, 3.05) is 19.0 Å². The van der Waals surface area contributed by atoms with E-state index in [1.54, 1.807) is 24.3 Å². The third-order valence-electron chi connectivity index (χ3n) is 3.57. The lowest BCUT2D eigenvalue weighted by Gasteiger charge is -2.07. The number of hydrogen-bond donors (Lipinski definition) is 2. The number of carbonyl (C=O) groups is 2. The highest BCUT2D eigenvalue weighted by Gasteiger charge is 2.16. The predicted molar refractivity (Wildman–Crippen MR) is 95.2 cm³/mol. The number of esters is 1. The molecule has 0 bridgehead atoms. The average molecular weight is 359 g/mol. The van der Waals surface area contributed by atoms with Gasteiger partial charge in [-0.15, -0.1) is 0 Å². The molecular formula is C18H15ClN2O4. The van der Waals surface area contributed by atoms with Gasteiger partial charge in [-0.3, -0.25) is 4.79 Å². The van der Waals surface area contributed by atoms with Gasteiger partial charge in [0.1, 0.15) is 11.4 Å². The van der Waals surface area contributed by atoms with Crippen molar-refractivity contribution in [1.82, 2.24) is 4.98 Å². The third kappa shape index (κ3) is 3.75. The van der Waals surface area contributed by atoms with E-state index in [0.717, 1.165) is 10.9 Å². The van der Waals surface area contributed by atoms with E-state index >= 15 is 0 Å². The summed E-state index contributed by atoms with van der Waals surface area (Å²) in [7, 11) is 1.29. The number of H-pyrrole nitrogens is 1. The molecule has 0 atom stereocenters. The summed E-state index contributed by atoms with van der Waals surface area (Å²) in [4.78, 5) is 26.5. The Balaban J connectivity index is 1.70. The van der Waals surface area contributed by atoms with Crippen LogP contribution in [0.2, 0.25) is 5.02 Å². The van der Waals surface area contributed by atoms with Crippen LogP contribution in [0.1, 0.15) is 10.5 Å². The molecule has 0 unspecified atom stereocenters. The monoisotopic (exact) mass is 358 g/mol. The maximum absolute atomic E-state index is 12.4. The number of aromatic nitrogens is 1. The van der Waals surface area contributed by atoms with Gasteiger partial charge in [0.25, 0.3) is 5.91 Å². The van der Waals surface area contributed by atoms with Crippen LogP contribution in [0.4, 0.5) is 5.69 Å². The Morgan fingerprint density at radius 3 is 2.52 bits per heavy atom. The first kappa shape index (κ1) is 16.9. The molecule has 25 heavy (non-hydrogen) atoms. The lowest BCUT2D eigenvalue weighted by Crippen LogP contribution is -2.13. The van der Waals surface area contributed by atoms with Crippen LogP contribution in [-0.4, -0.2) is 30.6 Å². The Hall–Kier alpha value is -2.99. The fourth-order valence-corrected chi connectivity index (χ4v) is 2.59. The van der Waals surface area contributed by atoms with Gasteiger partial charge in [0.2, 0.25) is 0 Å². The predicted octanol–water partition coefficient (Wildman–Crippen LogP) is 3.63. The molecule has 6 nitrogen and oxygen atoms in total. The molecule has 2 aromatic carbocycles. The molecule has 1 aromatic heterocycles. The Kier molecular flexibility index (Phi) is 4.90. The molecule has 0 saturated heterocycles. The number of amides is 1. The minimum atomic E-state index is -0.467. The molecule has 128 valence electrons. The van der Waals surface area contributed by atoms with Gasteiger partial charge in [-0.1, -0.05) is 29.8 Å². The van der Waals surface area contributed by atoms with Crippen LogP contribution < -0.4 is 10.1 Å². The molecule has 0 radical (unpaired) electrons. The molecule has 2 N–H and O–H groups in total. The van der Waals surface area contributed by atoms with E-state index in [9.17, 15) is 9.59 Å². The number of fused-ring (bicyclic) bond motifs is 1. The minimum Gasteiger partial charge on any atom is -0.482 e. The number of ether oxygens (including phenoxy) is 2. The zero-order chi connectivity index (χ0) is 17.8. The van der Waals surface area contributed by atoms with Crippen LogP contribution in [-0.2, 0) is 9.53 Å². The number of methoxy groups -OCH3 is 1. The van der Waals surface area contributed by atoms with Crippen molar-refractivity contribution in [2.24, 2.45) is 0 Å². The van der Waals surface area contributed by atoms with Gasteiger partial charge in [-0.25, -0.2) is 4.79 Å². The zero-order valence-electron chi connectivity index (χ0n) is 13.3. The van der Waals surface area contributed by atoms with Crippen LogP contribution in [0.3, 0.4) is 0 Å². The van der Waals surface area contributed by atoms with Crippen molar-refractivity contribution in [3.8, 4) is 5.75 Å². The van der Waals surface area contributed by atoms with Crippen LogP contribution in [0, 0.1) is 0 Å². The summed E-state index contributed by atoms with van der Waals surface area (Å²) >= 11 is 6.27. The molecule has 0 aliphatic carbocycles. The van der Waals surface area contributed by atoms with Crippen molar-refractivity contribution >= 4 is 40.1 Å². The lowest BCUT2D eigenvalue weighted by molar-refractivity contribution is -0.142. The molecular weight excluding hydrogens is 344 g/mol. The number of aromatic amines is 1. The largest absolute Gasteiger partial charge is 0.482 e. The van der Waals surface area contributed by atoms with Gasteiger partial charge in [-0.2, -0.15) is 0 Å². The van der Waals surface area contributed by atoms with E-state index < -0.39 is 5.97 Å². The van der Waals surface area contributed by atoms with E-state index in [1.807, 2.05) is 24.3 Å². The Labute approximate surface area is 148 Å². The molecule has 1 amide bonds. The van der Waals surface area contributed by atoms with Crippen LogP contribution in [0.15, 0.2) is 48.5 Å². The van der Waals surface area contributed by atoms with E-state index in [4.69, 9.17) is 16.3 Å². The van der Waals surface area contributed by atoms with Crippen LogP contribution >= 0.6 is 11.6 Å². The molecule has 1 heterocycles. The molecule has 0 saturated carbocycles. The van der Waals surface area contributed by atoms with E-state index in [1.165, 1.54) is 7.11 Å². The Bertz CT molecular complexity index is 918. The lowest BCUT2D eigenvalue weighted by atomic mass is 10.2. The summed E-state index contributed by atoms with van der Waals surface area (Å²) in [6.45, 7) is -0.174. The molecule has 7 heteroatoms. The summed E-state index contributed by atoms with van der Waals surface area (Å²) in [6, 6.07) is 14.0. The summed E-state index contributed by atoms with van der Waals surface area (Å²) in [5.41, 5.74) is 1.67. The van der Waals surface area contributed by atoms with Gasteiger partial charge in [0, 0.05) is 16.6 Å². The normalized spacial score (nSPS) is 10.5. The van der Waals surface area contributed by atoms with Crippen molar-refractivity contribution in [1.29, 1.82) is 0 Å². The second-order valence-electron chi connectivity index (χ2n) is 5.20. The number of rotatable bonds is 5. The van der Waals surface area contributed by atoms with Gasteiger partial charge in [-0.05, 0) is 30.3 Å². The van der Waals surface area contributed by atoms with Crippen molar-refractivity contribution in [2.45, 2.75) is 0 Å². The van der Waals surface area contributed by atoms with Crippen LogP contribution in [0.5, 0.6) is 5.75 Å². The summed E-state index contributed by atoms with van der Waals surface area (Å²) in [6.07, 6.45) is 0.